The normalized spacial score (nSPS) is 13.1. The predicted molar refractivity (Wildman–Crippen MR) is 54.2 cm³/mol. The van der Waals surface area contributed by atoms with Crippen molar-refractivity contribution in [3.8, 4) is 0 Å². The van der Waals surface area contributed by atoms with Crippen molar-refractivity contribution in [2.75, 3.05) is 7.05 Å². The summed E-state index contributed by atoms with van der Waals surface area (Å²) in [4.78, 5) is 21.9. The molecule has 0 saturated heterocycles. The van der Waals surface area contributed by atoms with Crippen molar-refractivity contribution in [2.45, 2.75) is 39.3 Å². The van der Waals surface area contributed by atoms with Crippen molar-refractivity contribution >= 4 is 12.1 Å². The number of hydrogen-bond acceptors (Lipinski definition) is 4. The molecule has 6 heteroatoms. The Bertz CT molecular complexity index is 247. The van der Waals surface area contributed by atoms with Gasteiger partial charge >= 0.3 is 12.1 Å². The Balaban J connectivity index is 4.17. The smallest absolute Gasteiger partial charge is 0.424 e. The number of rotatable bonds is 3. The van der Waals surface area contributed by atoms with Gasteiger partial charge in [-0.05, 0) is 27.7 Å². The van der Waals surface area contributed by atoms with Crippen molar-refractivity contribution < 1.29 is 19.4 Å². The zero-order chi connectivity index (χ0) is 12.2. The number of nitrogens with one attached hydrogen (secondary N) is 1. The molecule has 0 aromatic heterocycles. The lowest BCUT2D eigenvalue weighted by molar-refractivity contribution is -0.140. The molecule has 0 spiro atoms. The molecule has 0 heterocycles. The Hall–Kier alpha value is -1.30. The molecule has 0 aliphatic heterocycles. The molecule has 0 aromatic carbocycles. The molecular weight excluding hydrogens is 200 g/mol. The lowest BCUT2D eigenvalue weighted by atomic mass is 10.2. The van der Waals surface area contributed by atoms with E-state index in [4.69, 9.17) is 9.84 Å². The molecule has 0 aliphatic carbocycles. The molecule has 0 radical (unpaired) electrons. The number of hydrogen-bond donors (Lipinski definition) is 2. The average Bonchev–Trinajstić information content (AvgIpc) is 2.00. The summed E-state index contributed by atoms with van der Waals surface area (Å²) in [6.45, 7) is 6.64. The van der Waals surface area contributed by atoms with Crippen LogP contribution in [0.2, 0.25) is 0 Å². The van der Waals surface area contributed by atoms with E-state index in [2.05, 4.69) is 5.43 Å². The molecule has 0 bridgehead atoms. The lowest BCUT2D eigenvalue weighted by Crippen LogP contribution is -2.49. The van der Waals surface area contributed by atoms with Crippen molar-refractivity contribution in [2.24, 2.45) is 0 Å². The highest BCUT2D eigenvalue weighted by Crippen LogP contribution is 2.08. The molecule has 1 amide bonds. The monoisotopic (exact) mass is 218 g/mol. The molecule has 0 rings (SSSR count). The van der Waals surface area contributed by atoms with Crippen molar-refractivity contribution in [3.05, 3.63) is 0 Å². The summed E-state index contributed by atoms with van der Waals surface area (Å²) >= 11 is 0. The SMILES string of the molecule is CC(NN(C)C(=O)OC(C)(C)C)C(=O)O. The first-order valence-electron chi connectivity index (χ1n) is 4.59. The number of amides is 1. The third kappa shape index (κ3) is 5.90. The molecule has 0 saturated carbocycles. The number of carbonyl (C=O) groups is 2. The van der Waals surface area contributed by atoms with Gasteiger partial charge in [0.25, 0.3) is 0 Å². The second-order valence-electron chi connectivity index (χ2n) is 4.23. The van der Waals surface area contributed by atoms with Crippen LogP contribution in [0, 0.1) is 0 Å². The van der Waals surface area contributed by atoms with Crippen LogP contribution in [-0.2, 0) is 9.53 Å². The lowest BCUT2D eigenvalue weighted by Gasteiger charge is -2.26. The van der Waals surface area contributed by atoms with Gasteiger partial charge in [-0.25, -0.2) is 15.2 Å². The Morgan fingerprint density at radius 3 is 2.20 bits per heavy atom. The maximum atomic E-state index is 11.4. The predicted octanol–water partition coefficient (Wildman–Crippen LogP) is 0.831. The molecule has 88 valence electrons. The fraction of sp³-hybridized carbons (Fsp3) is 0.778. The van der Waals surface area contributed by atoms with Gasteiger partial charge in [0.2, 0.25) is 0 Å². The molecular formula is C9H18N2O4. The Morgan fingerprint density at radius 2 is 1.87 bits per heavy atom. The van der Waals surface area contributed by atoms with Crippen LogP contribution in [0.15, 0.2) is 0 Å². The molecule has 1 atom stereocenters. The molecule has 0 aliphatic rings. The minimum absolute atomic E-state index is 0.598. The maximum absolute atomic E-state index is 11.4. The summed E-state index contributed by atoms with van der Waals surface area (Å²) < 4.78 is 5.01. The number of carbonyl (C=O) groups excluding carboxylic acids is 1. The van der Waals surface area contributed by atoms with Gasteiger partial charge in [0.05, 0.1) is 0 Å². The van der Waals surface area contributed by atoms with Gasteiger partial charge in [-0.1, -0.05) is 0 Å². The van der Waals surface area contributed by atoms with Crippen molar-refractivity contribution in [1.82, 2.24) is 10.4 Å². The zero-order valence-corrected chi connectivity index (χ0v) is 9.70. The molecule has 0 aromatic rings. The van der Waals surface area contributed by atoms with Crippen LogP contribution in [0.1, 0.15) is 27.7 Å². The third-order valence-electron chi connectivity index (χ3n) is 1.43. The first kappa shape index (κ1) is 13.7. The number of hydrazine groups is 1. The first-order valence-corrected chi connectivity index (χ1v) is 4.59. The van der Waals surface area contributed by atoms with Crippen LogP contribution in [-0.4, -0.2) is 40.9 Å². The van der Waals surface area contributed by atoms with Crippen molar-refractivity contribution in [1.29, 1.82) is 0 Å². The summed E-state index contributed by atoms with van der Waals surface area (Å²) in [7, 11) is 1.41. The van der Waals surface area contributed by atoms with Gasteiger partial charge in [0.15, 0.2) is 0 Å². The highest BCUT2D eigenvalue weighted by molar-refractivity contribution is 5.74. The highest BCUT2D eigenvalue weighted by Gasteiger charge is 2.22. The van der Waals surface area contributed by atoms with Crippen LogP contribution in [0.4, 0.5) is 4.79 Å². The van der Waals surface area contributed by atoms with Gasteiger partial charge in [-0.3, -0.25) is 4.79 Å². The van der Waals surface area contributed by atoms with E-state index in [1.807, 2.05) is 0 Å². The van der Waals surface area contributed by atoms with Gasteiger partial charge < -0.3 is 9.84 Å². The summed E-state index contributed by atoms with van der Waals surface area (Å²) in [5.74, 6) is -1.04. The number of nitrogens with zero attached hydrogens (tertiary/aromatic N) is 1. The number of carboxylic acids is 1. The second-order valence-corrected chi connectivity index (χ2v) is 4.23. The van der Waals surface area contributed by atoms with E-state index in [0.29, 0.717) is 0 Å². The van der Waals surface area contributed by atoms with Gasteiger partial charge in [0.1, 0.15) is 11.6 Å². The van der Waals surface area contributed by atoms with Crippen LogP contribution in [0.25, 0.3) is 0 Å². The zero-order valence-electron chi connectivity index (χ0n) is 9.70. The van der Waals surface area contributed by atoms with Crippen LogP contribution < -0.4 is 5.43 Å². The van der Waals surface area contributed by atoms with E-state index in [1.54, 1.807) is 20.8 Å². The minimum Gasteiger partial charge on any atom is -0.480 e. The van der Waals surface area contributed by atoms with E-state index >= 15 is 0 Å². The molecule has 1 unspecified atom stereocenters. The number of aliphatic carboxylic acids is 1. The van der Waals surface area contributed by atoms with Gasteiger partial charge in [-0.15, -0.1) is 0 Å². The van der Waals surface area contributed by atoms with Crippen molar-refractivity contribution in [3.63, 3.8) is 0 Å². The van der Waals surface area contributed by atoms with E-state index in [9.17, 15) is 9.59 Å². The molecule has 2 N–H and O–H groups in total. The van der Waals surface area contributed by atoms with Crippen LogP contribution in [0.5, 0.6) is 0 Å². The van der Waals surface area contributed by atoms with Crippen LogP contribution >= 0.6 is 0 Å². The van der Waals surface area contributed by atoms with E-state index < -0.39 is 23.7 Å². The minimum atomic E-state index is -1.04. The van der Waals surface area contributed by atoms with Gasteiger partial charge in [0, 0.05) is 7.05 Å². The largest absolute Gasteiger partial charge is 0.480 e. The van der Waals surface area contributed by atoms with Gasteiger partial charge in [-0.2, -0.15) is 0 Å². The van der Waals surface area contributed by atoms with E-state index in [1.165, 1.54) is 14.0 Å². The Morgan fingerprint density at radius 1 is 1.40 bits per heavy atom. The Kier molecular flexibility index (Phi) is 4.54. The third-order valence-corrected chi connectivity index (χ3v) is 1.43. The highest BCUT2D eigenvalue weighted by atomic mass is 16.6. The number of ether oxygens (including phenoxy) is 1. The maximum Gasteiger partial charge on any atom is 0.424 e. The summed E-state index contributed by atoms with van der Waals surface area (Å²) in [5, 5.41) is 9.62. The Labute approximate surface area is 89.2 Å². The second kappa shape index (κ2) is 4.97. The number of carboxylic acid groups (broad SMARTS) is 1. The molecule has 15 heavy (non-hydrogen) atoms. The molecule has 6 nitrogen and oxygen atoms in total. The van der Waals surface area contributed by atoms with E-state index in [0.717, 1.165) is 5.01 Å². The standard InChI is InChI=1S/C9H18N2O4/c1-6(7(12)13)10-11(5)8(14)15-9(2,3)4/h6,10H,1-5H3,(H,12,13). The molecule has 0 fully saturated rings. The van der Waals surface area contributed by atoms with E-state index in [-0.39, 0.29) is 0 Å². The average molecular weight is 218 g/mol. The first-order chi connectivity index (χ1) is 6.63. The topological polar surface area (TPSA) is 78.9 Å². The summed E-state index contributed by atoms with van der Waals surface area (Å²) in [6, 6.07) is -0.845. The summed E-state index contributed by atoms with van der Waals surface area (Å²) in [5.41, 5.74) is 1.86. The summed E-state index contributed by atoms with van der Waals surface area (Å²) in [6.07, 6.45) is -0.615. The fourth-order valence-electron chi connectivity index (χ4n) is 0.729. The van der Waals surface area contributed by atoms with Crippen LogP contribution in [0.3, 0.4) is 0 Å². The fourth-order valence-corrected chi connectivity index (χ4v) is 0.729. The quantitative estimate of drug-likeness (QED) is 0.686.